The van der Waals surface area contributed by atoms with Crippen LogP contribution in [-0.2, 0) is 9.84 Å². The quantitative estimate of drug-likeness (QED) is 0.273. The van der Waals surface area contributed by atoms with Crippen molar-refractivity contribution in [2.24, 2.45) is 0 Å². The molecule has 0 aliphatic carbocycles. The van der Waals surface area contributed by atoms with Gasteiger partial charge in [0.05, 0.1) is 11.0 Å². The van der Waals surface area contributed by atoms with E-state index in [2.05, 4.69) is 0 Å². The van der Waals surface area contributed by atoms with E-state index in [-0.39, 0.29) is 16.4 Å². The van der Waals surface area contributed by atoms with Gasteiger partial charge in [0.25, 0.3) is 0 Å². The van der Waals surface area contributed by atoms with E-state index in [1.54, 1.807) is 60.7 Å². The lowest BCUT2D eigenvalue weighted by atomic mass is 9.98. The van der Waals surface area contributed by atoms with Gasteiger partial charge in [0, 0.05) is 29.5 Å². The predicted molar refractivity (Wildman–Crippen MR) is 150 cm³/mol. The van der Waals surface area contributed by atoms with Crippen molar-refractivity contribution in [3.05, 3.63) is 119 Å². The van der Waals surface area contributed by atoms with Crippen LogP contribution in [0, 0.1) is 6.92 Å². The van der Waals surface area contributed by atoms with E-state index in [4.69, 9.17) is 0 Å². The van der Waals surface area contributed by atoms with Crippen LogP contribution in [0.3, 0.4) is 0 Å². The number of aromatic hydroxyl groups is 1. The predicted octanol–water partition coefficient (Wildman–Crippen LogP) is 5.99. The summed E-state index contributed by atoms with van der Waals surface area (Å²) in [5, 5.41) is 20.5. The molecule has 38 heavy (non-hydrogen) atoms. The average Bonchev–Trinajstić information content (AvgIpc) is 2.92. The van der Waals surface area contributed by atoms with Crippen molar-refractivity contribution in [3.63, 3.8) is 0 Å². The molecule has 6 nitrogen and oxygen atoms in total. The molecular weight excluding hydrogens is 498 g/mol. The molecule has 4 aromatic rings. The molecule has 7 heteroatoms. The van der Waals surface area contributed by atoms with Crippen molar-refractivity contribution in [1.82, 2.24) is 0 Å². The van der Waals surface area contributed by atoms with E-state index in [1.165, 1.54) is 26.0 Å². The van der Waals surface area contributed by atoms with Gasteiger partial charge in [-0.2, -0.15) is 0 Å². The summed E-state index contributed by atoms with van der Waals surface area (Å²) < 4.78 is 25.2. The molecule has 0 heterocycles. The minimum Gasteiger partial charge on any atom is -0.508 e. The number of carbonyl (C=O) groups is 1. The molecule has 0 radical (unpaired) electrons. The van der Waals surface area contributed by atoms with Crippen LogP contribution < -0.4 is 4.90 Å². The summed E-state index contributed by atoms with van der Waals surface area (Å²) in [5.74, 6) is -0.0331. The van der Waals surface area contributed by atoms with Crippen molar-refractivity contribution in [1.29, 1.82) is 0 Å². The number of rotatable bonds is 8. The van der Waals surface area contributed by atoms with E-state index >= 15 is 0 Å². The van der Waals surface area contributed by atoms with Gasteiger partial charge in [0.15, 0.2) is 15.6 Å². The summed E-state index contributed by atoms with van der Waals surface area (Å²) in [4.78, 5) is 14.8. The van der Waals surface area contributed by atoms with Crippen LogP contribution in [0.15, 0.2) is 102 Å². The first-order valence-electron chi connectivity index (χ1n) is 12.2. The summed E-state index contributed by atoms with van der Waals surface area (Å²) in [6.07, 6.45) is -1.24. The van der Waals surface area contributed by atoms with E-state index in [9.17, 15) is 23.4 Å². The van der Waals surface area contributed by atoms with Gasteiger partial charge in [-0.05, 0) is 99.1 Å². The largest absolute Gasteiger partial charge is 0.508 e. The zero-order chi connectivity index (χ0) is 27.7. The molecule has 0 fully saturated rings. The normalized spacial score (nSPS) is 12.7. The van der Waals surface area contributed by atoms with E-state index in [1.807, 2.05) is 43.1 Å². The van der Waals surface area contributed by atoms with Gasteiger partial charge in [0.1, 0.15) is 10.5 Å². The van der Waals surface area contributed by atoms with Crippen LogP contribution >= 0.6 is 0 Å². The lowest BCUT2D eigenvalue weighted by Crippen LogP contribution is -2.38. The highest BCUT2D eigenvalue weighted by atomic mass is 32.2. The molecule has 0 aromatic heterocycles. The van der Waals surface area contributed by atoms with Crippen molar-refractivity contribution < 1.29 is 23.4 Å². The van der Waals surface area contributed by atoms with Crippen LogP contribution in [0.2, 0.25) is 0 Å². The summed E-state index contributed by atoms with van der Waals surface area (Å²) in [6.45, 7) is 4.96. The third-order valence-corrected chi connectivity index (χ3v) is 9.43. The fourth-order valence-corrected chi connectivity index (χ4v) is 5.75. The molecule has 0 aliphatic rings. The van der Waals surface area contributed by atoms with Crippen molar-refractivity contribution in [3.8, 4) is 5.75 Å². The number of hydrogen-bond acceptors (Lipinski definition) is 6. The lowest BCUT2D eigenvalue weighted by Gasteiger charge is -2.31. The summed E-state index contributed by atoms with van der Waals surface area (Å²) in [5.41, 5.74) is 4.16. The maximum atomic E-state index is 13.3. The SMILES string of the molecule is Cc1ccc(S(=O)(=O)C(C)(C)C(O)c2ccc(N(C)c3ccc(C(=O)c4ccc(O)cc4)cc3)cc2)cc1. The Morgan fingerprint density at radius 1 is 0.763 bits per heavy atom. The molecule has 0 amide bonds. The number of aryl methyl sites for hydroxylation is 1. The first kappa shape index (κ1) is 27.1. The van der Waals surface area contributed by atoms with Crippen LogP contribution in [0.4, 0.5) is 11.4 Å². The molecular formula is C31H31NO5S. The third-order valence-electron chi connectivity index (χ3n) is 6.92. The van der Waals surface area contributed by atoms with Crippen molar-refractivity contribution in [2.75, 3.05) is 11.9 Å². The molecule has 4 rings (SSSR count). The summed E-state index contributed by atoms with van der Waals surface area (Å²) in [6, 6.07) is 27.0. The van der Waals surface area contributed by atoms with Gasteiger partial charge in [0.2, 0.25) is 0 Å². The maximum Gasteiger partial charge on any atom is 0.193 e. The molecule has 1 unspecified atom stereocenters. The van der Waals surface area contributed by atoms with Gasteiger partial charge in [-0.15, -0.1) is 0 Å². The number of ketones is 1. The highest BCUT2D eigenvalue weighted by Gasteiger charge is 2.43. The number of anilines is 2. The van der Waals surface area contributed by atoms with Crippen molar-refractivity contribution in [2.45, 2.75) is 36.5 Å². The Morgan fingerprint density at radius 3 is 1.71 bits per heavy atom. The number of carbonyl (C=O) groups excluding carboxylic acids is 1. The number of nitrogens with zero attached hydrogens (tertiary/aromatic N) is 1. The van der Waals surface area contributed by atoms with Gasteiger partial charge in [-0.1, -0.05) is 29.8 Å². The molecule has 4 aromatic carbocycles. The Hall–Kier alpha value is -3.94. The molecule has 2 N–H and O–H groups in total. The minimum atomic E-state index is -3.81. The second-order valence-electron chi connectivity index (χ2n) is 9.90. The summed E-state index contributed by atoms with van der Waals surface area (Å²) in [7, 11) is -1.92. The highest BCUT2D eigenvalue weighted by molar-refractivity contribution is 7.92. The zero-order valence-electron chi connectivity index (χ0n) is 21.8. The van der Waals surface area contributed by atoms with Crippen LogP contribution in [0.1, 0.15) is 47.0 Å². The Morgan fingerprint density at radius 2 is 1.21 bits per heavy atom. The standard InChI is InChI=1S/C31H31NO5S/c1-21-5-19-28(20-6-21)38(36,37)31(2,3)30(35)24-9-15-26(16-10-24)32(4)25-13-7-22(8-14-25)29(34)23-11-17-27(33)18-12-23/h5-20,30,33,35H,1-4H3. The van der Waals surface area contributed by atoms with Gasteiger partial charge >= 0.3 is 0 Å². The number of aliphatic hydroxyl groups is 1. The number of phenols is 1. The number of phenolic OH excluding ortho intramolecular Hbond substituents is 1. The second-order valence-corrected chi connectivity index (χ2v) is 12.4. The molecule has 196 valence electrons. The lowest BCUT2D eigenvalue weighted by molar-refractivity contribution is 0.103. The van der Waals surface area contributed by atoms with Gasteiger partial charge in [-0.25, -0.2) is 8.42 Å². The monoisotopic (exact) mass is 529 g/mol. The Kier molecular flexibility index (Phi) is 7.44. The number of sulfone groups is 1. The third kappa shape index (κ3) is 5.21. The highest BCUT2D eigenvalue weighted by Crippen LogP contribution is 2.37. The smallest absolute Gasteiger partial charge is 0.193 e. The maximum absolute atomic E-state index is 13.3. The molecule has 0 spiro atoms. The van der Waals surface area contributed by atoms with E-state index in [0.29, 0.717) is 16.7 Å². The number of aliphatic hydroxyl groups excluding tert-OH is 1. The molecule has 1 atom stereocenters. The fourth-order valence-electron chi connectivity index (χ4n) is 4.21. The second kappa shape index (κ2) is 10.4. The fraction of sp³-hybridized carbons (Fsp3) is 0.194. The first-order chi connectivity index (χ1) is 17.9. The first-order valence-corrected chi connectivity index (χ1v) is 13.7. The molecule has 0 saturated carbocycles. The van der Waals surface area contributed by atoms with Crippen molar-refractivity contribution >= 4 is 27.0 Å². The number of hydrogen-bond donors (Lipinski definition) is 2. The van der Waals surface area contributed by atoms with E-state index in [0.717, 1.165) is 16.9 Å². The topological polar surface area (TPSA) is 94.9 Å². The number of benzene rings is 4. The van der Waals surface area contributed by atoms with Gasteiger partial charge in [-0.3, -0.25) is 4.79 Å². The molecule has 0 bridgehead atoms. The summed E-state index contributed by atoms with van der Waals surface area (Å²) >= 11 is 0. The van der Waals surface area contributed by atoms with Crippen LogP contribution in [0.5, 0.6) is 5.75 Å². The minimum absolute atomic E-state index is 0.105. The zero-order valence-corrected chi connectivity index (χ0v) is 22.6. The average molecular weight is 530 g/mol. The Labute approximate surface area is 223 Å². The Balaban J connectivity index is 1.50. The van der Waals surface area contributed by atoms with Gasteiger partial charge < -0.3 is 15.1 Å². The molecule has 0 aliphatic heterocycles. The van der Waals surface area contributed by atoms with Crippen LogP contribution in [-0.4, -0.2) is 36.2 Å². The Bertz CT molecular complexity index is 1520. The van der Waals surface area contributed by atoms with Crippen LogP contribution in [0.25, 0.3) is 0 Å². The van der Waals surface area contributed by atoms with E-state index < -0.39 is 20.7 Å². The molecule has 0 saturated heterocycles.